The first-order valence-electron chi connectivity index (χ1n) is 11.8. The molecule has 33 heavy (non-hydrogen) atoms. The molecule has 0 bridgehead atoms. The molecule has 2 atom stereocenters. The Balaban J connectivity index is 1.45. The van der Waals surface area contributed by atoms with Crippen molar-refractivity contribution in [2.24, 2.45) is 0 Å². The van der Waals surface area contributed by atoms with Crippen LogP contribution in [0.2, 0.25) is 0 Å². The summed E-state index contributed by atoms with van der Waals surface area (Å²) in [7, 11) is 0. The lowest BCUT2D eigenvalue weighted by Gasteiger charge is -2.39. The summed E-state index contributed by atoms with van der Waals surface area (Å²) in [5.41, 5.74) is 1.62. The molecule has 3 aliphatic heterocycles. The van der Waals surface area contributed by atoms with Crippen molar-refractivity contribution in [2.45, 2.75) is 50.1 Å². The Morgan fingerprint density at radius 3 is 2.61 bits per heavy atom. The van der Waals surface area contributed by atoms with E-state index in [1.807, 2.05) is 24.3 Å². The molecule has 3 heterocycles. The molecule has 0 aliphatic carbocycles. The molecule has 3 saturated heterocycles. The average Bonchev–Trinajstić information content (AvgIpc) is 3.44. The monoisotopic (exact) mass is 453 g/mol. The second-order valence-corrected chi connectivity index (χ2v) is 9.61. The first-order chi connectivity index (χ1) is 15.9. The van der Waals surface area contributed by atoms with E-state index < -0.39 is 17.2 Å². The summed E-state index contributed by atoms with van der Waals surface area (Å²) in [6.45, 7) is 3.53. The first kappa shape index (κ1) is 22.0. The van der Waals surface area contributed by atoms with Crippen molar-refractivity contribution in [3.05, 3.63) is 70.8 Å². The van der Waals surface area contributed by atoms with Crippen LogP contribution in [0.25, 0.3) is 0 Å². The molecule has 0 radical (unpaired) electrons. The molecular weight excluding hydrogens is 424 g/mol. The van der Waals surface area contributed by atoms with E-state index in [4.69, 9.17) is 0 Å². The number of nitrogens with zero attached hydrogens (tertiary/aromatic N) is 2. The Hall–Kier alpha value is -2.80. The van der Waals surface area contributed by atoms with E-state index in [2.05, 4.69) is 10.2 Å². The van der Waals surface area contributed by atoms with Crippen molar-refractivity contribution in [3.8, 4) is 0 Å². The van der Waals surface area contributed by atoms with Crippen LogP contribution in [0.5, 0.6) is 0 Å². The highest BCUT2D eigenvalue weighted by Crippen LogP contribution is 2.42. The van der Waals surface area contributed by atoms with Gasteiger partial charge in [-0.2, -0.15) is 0 Å². The molecule has 1 spiro atoms. The first-order valence-corrected chi connectivity index (χ1v) is 11.8. The van der Waals surface area contributed by atoms with Crippen molar-refractivity contribution in [2.75, 3.05) is 26.2 Å². The van der Waals surface area contributed by atoms with Crippen LogP contribution in [-0.2, 0) is 11.3 Å². The predicted molar refractivity (Wildman–Crippen MR) is 121 cm³/mol. The topological polar surface area (TPSA) is 52.7 Å². The minimum absolute atomic E-state index is 0.0578. The minimum Gasteiger partial charge on any atom is -0.348 e. The van der Waals surface area contributed by atoms with E-state index >= 15 is 0 Å². The molecule has 1 N–H and O–H groups in total. The molecule has 2 amide bonds. The summed E-state index contributed by atoms with van der Waals surface area (Å²) in [5.74, 6) is -2.24. The number of piperidine rings is 1. The number of carbonyl (C=O) groups is 2. The highest BCUT2D eigenvalue weighted by Gasteiger charge is 2.51. The molecule has 174 valence electrons. The van der Waals surface area contributed by atoms with Gasteiger partial charge < -0.3 is 10.2 Å². The Labute approximate surface area is 192 Å². The minimum atomic E-state index is -0.912. The second kappa shape index (κ2) is 8.86. The van der Waals surface area contributed by atoms with E-state index in [0.29, 0.717) is 43.5 Å². The standard InChI is InChI=1S/C26H29F2N3O2/c27-22-10-9-18(14-23(22)28)21-16-31(17-26(21)11-5-8-24(32)29-26)25(33)20-7-2-1-6-19(20)15-30-12-3-4-13-30/h1-2,6-7,9-10,14,21H,3-5,8,11-13,15-17H2,(H,29,32)/t21-,26+/m0/s1. The summed E-state index contributed by atoms with van der Waals surface area (Å²) < 4.78 is 27.7. The van der Waals surface area contributed by atoms with Gasteiger partial charge in [0.2, 0.25) is 5.91 Å². The van der Waals surface area contributed by atoms with Gasteiger partial charge in [-0.25, -0.2) is 8.78 Å². The van der Waals surface area contributed by atoms with Crippen LogP contribution < -0.4 is 5.32 Å². The summed E-state index contributed by atoms with van der Waals surface area (Å²) in [6.07, 6.45) is 4.21. The fourth-order valence-corrected chi connectivity index (χ4v) is 5.78. The normalized spacial score (nSPS) is 25.6. The molecule has 0 saturated carbocycles. The van der Waals surface area contributed by atoms with Crippen LogP contribution in [0.4, 0.5) is 8.78 Å². The Morgan fingerprint density at radius 1 is 1.06 bits per heavy atom. The largest absolute Gasteiger partial charge is 0.348 e. The SMILES string of the molecule is O=C1CCC[C@]2(CN(C(=O)c3ccccc3CN3CCCC3)C[C@H]2c2ccc(F)c(F)c2)N1. The number of benzene rings is 2. The van der Waals surface area contributed by atoms with Crippen molar-refractivity contribution in [3.63, 3.8) is 0 Å². The molecule has 7 heteroatoms. The third-order valence-corrected chi connectivity index (χ3v) is 7.43. The third-order valence-electron chi connectivity index (χ3n) is 7.43. The quantitative estimate of drug-likeness (QED) is 0.766. The Morgan fingerprint density at radius 2 is 1.85 bits per heavy atom. The molecule has 0 unspecified atom stereocenters. The maximum atomic E-state index is 14.1. The van der Waals surface area contributed by atoms with E-state index in [1.54, 1.807) is 11.0 Å². The summed E-state index contributed by atoms with van der Waals surface area (Å²) in [5, 5.41) is 3.13. The zero-order chi connectivity index (χ0) is 23.0. The van der Waals surface area contributed by atoms with Gasteiger partial charge in [-0.3, -0.25) is 14.5 Å². The number of hydrogen-bond donors (Lipinski definition) is 1. The number of likely N-dealkylation sites (tertiary alicyclic amines) is 2. The zero-order valence-corrected chi connectivity index (χ0v) is 18.7. The second-order valence-electron chi connectivity index (χ2n) is 9.61. The van der Waals surface area contributed by atoms with Crippen LogP contribution in [0.1, 0.15) is 59.5 Å². The molecule has 0 aromatic heterocycles. The molecule has 3 fully saturated rings. The molecule has 2 aromatic carbocycles. The van der Waals surface area contributed by atoms with E-state index in [1.165, 1.54) is 18.9 Å². The predicted octanol–water partition coefficient (Wildman–Crippen LogP) is 3.84. The summed E-state index contributed by atoms with van der Waals surface area (Å²) >= 11 is 0. The fraction of sp³-hybridized carbons (Fsp3) is 0.462. The van der Waals surface area contributed by atoms with Gasteiger partial charge in [0.15, 0.2) is 11.6 Å². The van der Waals surface area contributed by atoms with Gasteiger partial charge in [-0.05, 0) is 68.1 Å². The number of carbonyl (C=O) groups excluding carboxylic acids is 2. The van der Waals surface area contributed by atoms with Crippen molar-refractivity contribution in [1.29, 1.82) is 0 Å². The third kappa shape index (κ3) is 4.26. The fourth-order valence-electron chi connectivity index (χ4n) is 5.78. The van der Waals surface area contributed by atoms with Crippen molar-refractivity contribution < 1.29 is 18.4 Å². The van der Waals surface area contributed by atoms with Crippen molar-refractivity contribution in [1.82, 2.24) is 15.1 Å². The van der Waals surface area contributed by atoms with Crippen LogP contribution in [0.15, 0.2) is 42.5 Å². The van der Waals surface area contributed by atoms with Gasteiger partial charge in [0.05, 0.1) is 5.54 Å². The highest BCUT2D eigenvalue weighted by atomic mass is 19.2. The van der Waals surface area contributed by atoms with Gasteiger partial charge in [-0.1, -0.05) is 24.3 Å². The Kier molecular flexibility index (Phi) is 5.91. The van der Waals surface area contributed by atoms with Crippen LogP contribution in [0, 0.1) is 11.6 Å². The van der Waals surface area contributed by atoms with Crippen LogP contribution >= 0.6 is 0 Å². The lowest BCUT2D eigenvalue weighted by atomic mass is 9.76. The van der Waals surface area contributed by atoms with E-state index in [-0.39, 0.29) is 17.7 Å². The lowest BCUT2D eigenvalue weighted by Crippen LogP contribution is -2.56. The number of rotatable bonds is 4. The number of hydrogen-bond acceptors (Lipinski definition) is 3. The zero-order valence-electron chi connectivity index (χ0n) is 18.7. The maximum absolute atomic E-state index is 14.1. The smallest absolute Gasteiger partial charge is 0.254 e. The van der Waals surface area contributed by atoms with Gasteiger partial charge in [0, 0.05) is 37.5 Å². The van der Waals surface area contributed by atoms with Gasteiger partial charge in [0.25, 0.3) is 5.91 Å². The number of halogens is 2. The van der Waals surface area contributed by atoms with Crippen molar-refractivity contribution >= 4 is 11.8 Å². The Bertz CT molecular complexity index is 1070. The average molecular weight is 454 g/mol. The summed E-state index contributed by atoms with van der Waals surface area (Å²) in [6, 6.07) is 11.6. The van der Waals surface area contributed by atoms with Gasteiger partial charge >= 0.3 is 0 Å². The molecule has 5 rings (SSSR count). The molecular formula is C26H29F2N3O2. The van der Waals surface area contributed by atoms with Gasteiger partial charge in [-0.15, -0.1) is 0 Å². The van der Waals surface area contributed by atoms with E-state index in [9.17, 15) is 18.4 Å². The van der Waals surface area contributed by atoms with E-state index in [0.717, 1.165) is 31.3 Å². The van der Waals surface area contributed by atoms with Gasteiger partial charge in [0.1, 0.15) is 0 Å². The highest BCUT2D eigenvalue weighted by molar-refractivity contribution is 5.96. The summed E-state index contributed by atoms with van der Waals surface area (Å²) in [4.78, 5) is 30.2. The molecule has 2 aromatic rings. The maximum Gasteiger partial charge on any atom is 0.254 e. The molecule has 5 nitrogen and oxygen atoms in total. The van der Waals surface area contributed by atoms with Crippen LogP contribution in [0.3, 0.4) is 0 Å². The number of amides is 2. The van der Waals surface area contributed by atoms with Crippen LogP contribution in [-0.4, -0.2) is 53.3 Å². The molecule has 3 aliphatic rings. The lowest BCUT2D eigenvalue weighted by molar-refractivity contribution is -0.125. The number of nitrogens with one attached hydrogen (secondary N) is 1.